The second kappa shape index (κ2) is 6.78. The van der Waals surface area contributed by atoms with E-state index in [0.717, 1.165) is 17.0 Å². The van der Waals surface area contributed by atoms with Crippen LogP contribution >= 0.6 is 11.3 Å². The second-order valence-electron chi connectivity index (χ2n) is 4.63. The molecule has 0 bridgehead atoms. The Hall–Kier alpha value is -1.79. The molecular formula is C15H15F2NO2S. The van der Waals surface area contributed by atoms with Gasteiger partial charge in [-0.15, -0.1) is 11.3 Å². The maximum absolute atomic E-state index is 13.5. The molecule has 0 aliphatic rings. The van der Waals surface area contributed by atoms with Crippen molar-refractivity contribution in [1.29, 1.82) is 0 Å². The zero-order chi connectivity index (χ0) is 15.4. The molecule has 21 heavy (non-hydrogen) atoms. The normalized spacial score (nSPS) is 13.7. The van der Waals surface area contributed by atoms with Crippen molar-refractivity contribution in [1.82, 2.24) is 5.32 Å². The van der Waals surface area contributed by atoms with E-state index in [1.165, 1.54) is 17.4 Å². The van der Waals surface area contributed by atoms with Crippen molar-refractivity contribution in [3.63, 3.8) is 0 Å². The van der Waals surface area contributed by atoms with Crippen LogP contribution in [0.3, 0.4) is 0 Å². The summed E-state index contributed by atoms with van der Waals surface area (Å²) in [7, 11) is 0. The van der Waals surface area contributed by atoms with Crippen molar-refractivity contribution in [2.24, 2.45) is 0 Å². The van der Waals surface area contributed by atoms with E-state index >= 15 is 0 Å². The predicted molar refractivity (Wildman–Crippen MR) is 77.1 cm³/mol. The van der Waals surface area contributed by atoms with Crippen molar-refractivity contribution >= 4 is 17.2 Å². The van der Waals surface area contributed by atoms with Gasteiger partial charge in [-0.2, -0.15) is 0 Å². The van der Waals surface area contributed by atoms with Crippen LogP contribution in [0.2, 0.25) is 0 Å². The third-order valence-corrected chi connectivity index (χ3v) is 4.22. The van der Waals surface area contributed by atoms with Crippen molar-refractivity contribution in [3.05, 3.63) is 57.8 Å². The number of rotatable bonds is 5. The average molecular weight is 311 g/mol. The lowest BCUT2D eigenvalue weighted by Crippen LogP contribution is -2.32. The molecule has 0 radical (unpaired) electrons. The number of benzene rings is 1. The average Bonchev–Trinajstić information content (AvgIpc) is 2.97. The van der Waals surface area contributed by atoms with Gasteiger partial charge in [-0.05, 0) is 30.5 Å². The van der Waals surface area contributed by atoms with Gasteiger partial charge >= 0.3 is 0 Å². The molecule has 1 aromatic heterocycles. The molecule has 2 aromatic rings. The van der Waals surface area contributed by atoms with E-state index < -0.39 is 23.3 Å². The number of amides is 1. The number of thiophene rings is 1. The highest BCUT2D eigenvalue weighted by atomic mass is 32.1. The van der Waals surface area contributed by atoms with Crippen LogP contribution in [0.25, 0.3) is 0 Å². The van der Waals surface area contributed by atoms with Gasteiger partial charge in [-0.3, -0.25) is 4.79 Å². The Bertz CT molecular complexity index is 596. The first kappa shape index (κ1) is 15.6. The number of aliphatic hydroxyl groups excluding tert-OH is 1. The molecule has 0 aliphatic heterocycles. The SMILES string of the molecule is C[C@@H](C(=O)NC[C@@H](O)c1c(F)cccc1F)c1cccs1. The standard InChI is InChI=1S/C15H15F2NO2S/c1-9(13-6-3-7-21-13)15(20)18-8-12(19)14-10(16)4-2-5-11(14)17/h2-7,9,12,19H,8H2,1H3,(H,18,20)/t9-,12-/m1/s1. The molecule has 0 aliphatic carbocycles. The van der Waals surface area contributed by atoms with Crippen LogP contribution < -0.4 is 5.32 Å². The summed E-state index contributed by atoms with van der Waals surface area (Å²) in [5, 5.41) is 14.2. The first-order valence-corrected chi connectivity index (χ1v) is 7.31. The third-order valence-electron chi connectivity index (χ3n) is 3.17. The molecular weight excluding hydrogens is 296 g/mol. The Morgan fingerprint density at radius 2 is 1.95 bits per heavy atom. The minimum Gasteiger partial charge on any atom is -0.386 e. The van der Waals surface area contributed by atoms with Crippen LogP contribution in [-0.4, -0.2) is 17.6 Å². The number of hydrogen-bond donors (Lipinski definition) is 2. The summed E-state index contributed by atoms with van der Waals surface area (Å²) in [6.45, 7) is 1.49. The van der Waals surface area contributed by atoms with E-state index in [1.54, 1.807) is 6.92 Å². The predicted octanol–water partition coefficient (Wildman–Crippen LogP) is 2.98. The molecule has 0 saturated heterocycles. The lowest BCUT2D eigenvalue weighted by Gasteiger charge is -2.16. The van der Waals surface area contributed by atoms with Gasteiger partial charge in [-0.1, -0.05) is 12.1 Å². The van der Waals surface area contributed by atoms with Crippen molar-refractivity contribution in [2.75, 3.05) is 6.54 Å². The smallest absolute Gasteiger partial charge is 0.228 e. The molecule has 112 valence electrons. The Balaban J connectivity index is 1.98. The number of carbonyl (C=O) groups excluding carboxylic acids is 1. The summed E-state index contributed by atoms with van der Waals surface area (Å²) in [5.41, 5.74) is -0.429. The largest absolute Gasteiger partial charge is 0.386 e. The van der Waals surface area contributed by atoms with Gasteiger partial charge in [0, 0.05) is 11.4 Å². The lowest BCUT2D eigenvalue weighted by molar-refractivity contribution is -0.122. The first-order chi connectivity index (χ1) is 10.0. The van der Waals surface area contributed by atoms with E-state index in [0.29, 0.717) is 0 Å². The molecule has 1 amide bonds. The molecule has 3 nitrogen and oxygen atoms in total. The van der Waals surface area contributed by atoms with E-state index in [9.17, 15) is 18.7 Å². The van der Waals surface area contributed by atoms with Crippen LogP contribution in [0.1, 0.15) is 29.4 Å². The topological polar surface area (TPSA) is 49.3 Å². The number of aliphatic hydroxyl groups is 1. The Labute approximate surface area is 125 Å². The number of nitrogens with one attached hydrogen (secondary N) is 1. The molecule has 2 N–H and O–H groups in total. The minimum atomic E-state index is -1.43. The number of hydrogen-bond acceptors (Lipinski definition) is 3. The fourth-order valence-corrected chi connectivity index (χ4v) is 2.73. The van der Waals surface area contributed by atoms with Crippen LogP contribution in [0.4, 0.5) is 8.78 Å². The molecule has 0 unspecified atom stereocenters. The third kappa shape index (κ3) is 3.65. The summed E-state index contributed by atoms with van der Waals surface area (Å²) in [4.78, 5) is 12.8. The fourth-order valence-electron chi connectivity index (χ4n) is 1.95. The minimum absolute atomic E-state index is 0.244. The molecule has 0 spiro atoms. The zero-order valence-electron chi connectivity index (χ0n) is 11.3. The summed E-state index contributed by atoms with van der Waals surface area (Å²) >= 11 is 1.45. The lowest BCUT2D eigenvalue weighted by atomic mass is 10.1. The van der Waals surface area contributed by atoms with Crippen LogP contribution in [-0.2, 0) is 4.79 Å². The zero-order valence-corrected chi connectivity index (χ0v) is 12.2. The number of carbonyl (C=O) groups is 1. The molecule has 2 rings (SSSR count). The first-order valence-electron chi connectivity index (χ1n) is 6.43. The quantitative estimate of drug-likeness (QED) is 0.892. The van der Waals surface area contributed by atoms with Crippen molar-refractivity contribution in [3.8, 4) is 0 Å². The highest BCUT2D eigenvalue weighted by Gasteiger charge is 2.21. The maximum Gasteiger partial charge on any atom is 0.228 e. The molecule has 1 aromatic carbocycles. The molecule has 0 fully saturated rings. The summed E-state index contributed by atoms with van der Waals surface area (Å²) in [6, 6.07) is 7.03. The van der Waals surface area contributed by atoms with Gasteiger partial charge in [0.05, 0.1) is 11.5 Å². The molecule has 0 saturated carbocycles. The van der Waals surface area contributed by atoms with Gasteiger partial charge in [0.15, 0.2) is 0 Å². The second-order valence-corrected chi connectivity index (χ2v) is 5.61. The summed E-state index contributed by atoms with van der Waals surface area (Å²) in [5.74, 6) is -2.33. The highest BCUT2D eigenvalue weighted by Crippen LogP contribution is 2.22. The highest BCUT2D eigenvalue weighted by molar-refractivity contribution is 7.10. The van der Waals surface area contributed by atoms with Gasteiger partial charge in [-0.25, -0.2) is 8.78 Å². The van der Waals surface area contributed by atoms with E-state index in [2.05, 4.69) is 5.32 Å². The van der Waals surface area contributed by atoms with E-state index in [4.69, 9.17) is 0 Å². The van der Waals surface area contributed by atoms with Gasteiger partial charge < -0.3 is 10.4 Å². The summed E-state index contributed by atoms with van der Waals surface area (Å²) in [6.07, 6.45) is -1.43. The Morgan fingerprint density at radius 3 is 2.52 bits per heavy atom. The van der Waals surface area contributed by atoms with Crippen LogP contribution in [0, 0.1) is 11.6 Å². The monoisotopic (exact) mass is 311 g/mol. The van der Waals surface area contributed by atoms with E-state index in [-0.39, 0.29) is 18.4 Å². The van der Waals surface area contributed by atoms with Gasteiger partial charge in [0.1, 0.15) is 17.7 Å². The van der Waals surface area contributed by atoms with Crippen molar-refractivity contribution in [2.45, 2.75) is 18.9 Å². The Morgan fingerprint density at radius 1 is 1.29 bits per heavy atom. The van der Waals surface area contributed by atoms with Crippen LogP contribution in [0.5, 0.6) is 0 Å². The van der Waals surface area contributed by atoms with Crippen molar-refractivity contribution < 1.29 is 18.7 Å². The van der Waals surface area contributed by atoms with Gasteiger partial charge in [0.2, 0.25) is 5.91 Å². The fraction of sp³-hybridized carbons (Fsp3) is 0.267. The molecule has 6 heteroatoms. The molecule has 2 atom stereocenters. The Kier molecular flexibility index (Phi) is 5.03. The van der Waals surface area contributed by atoms with E-state index in [1.807, 2.05) is 17.5 Å². The van der Waals surface area contributed by atoms with Crippen LogP contribution in [0.15, 0.2) is 35.7 Å². The summed E-state index contributed by atoms with van der Waals surface area (Å²) < 4.78 is 27.0. The number of halogens is 2. The van der Waals surface area contributed by atoms with Gasteiger partial charge in [0.25, 0.3) is 0 Å². The maximum atomic E-state index is 13.5. The molecule has 1 heterocycles.